The van der Waals surface area contributed by atoms with Crippen LogP contribution in [0.15, 0.2) is 77.7 Å². The van der Waals surface area contributed by atoms with Crippen molar-refractivity contribution in [1.29, 1.82) is 0 Å². The summed E-state index contributed by atoms with van der Waals surface area (Å²) in [6.45, 7) is 2.63. The fraction of sp³-hybridized carbons (Fsp3) is 0.200. The molecule has 30 heavy (non-hydrogen) atoms. The van der Waals surface area contributed by atoms with Gasteiger partial charge in [0.25, 0.3) is 5.91 Å². The standard InChI is InChI=1S/C25H24N2O2S/c1-2-30-23-11-7-6-10-21(23)25(29)26-20-13-14-22-19(16-20)12-15-24(28)27(22)17-18-8-4-3-5-9-18/h3-11,13-14,16H,2,12,15,17H2,1H3,(H,26,29). The molecule has 3 aromatic rings. The average molecular weight is 417 g/mol. The largest absolute Gasteiger partial charge is 0.322 e. The van der Waals surface area contributed by atoms with Gasteiger partial charge < -0.3 is 10.2 Å². The summed E-state index contributed by atoms with van der Waals surface area (Å²) in [6, 6.07) is 23.5. The van der Waals surface area contributed by atoms with E-state index < -0.39 is 0 Å². The Balaban J connectivity index is 1.55. The molecule has 5 heteroatoms. The van der Waals surface area contributed by atoms with Gasteiger partial charge in [-0.25, -0.2) is 0 Å². The average Bonchev–Trinajstić information content (AvgIpc) is 2.77. The number of rotatable bonds is 6. The van der Waals surface area contributed by atoms with E-state index in [-0.39, 0.29) is 11.8 Å². The van der Waals surface area contributed by atoms with E-state index in [1.165, 1.54) is 0 Å². The molecule has 1 heterocycles. The Hall–Kier alpha value is -3.05. The molecule has 2 amide bonds. The lowest BCUT2D eigenvalue weighted by molar-refractivity contribution is -0.119. The number of hydrogen-bond acceptors (Lipinski definition) is 3. The molecule has 152 valence electrons. The molecule has 0 radical (unpaired) electrons. The molecule has 0 fully saturated rings. The van der Waals surface area contributed by atoms with Gasteiger partial charge in [0.05, 0.1) is 12.1 Å². The third-order valence-electron chi connectivity index (χ3n) is 5.15. The molecular weight excluding hydrogens is 392 g/mol. The number of nitrogens with one attached hydrogen (secondary N) is 1. The maximum Gasteiger partial charge on any atom is 0.256 e. The van der Waals surface area contributed by atoms with Crippen LogP contribution in [0.4, 0.5) is 11.4 Å². The molecule has 0 bridgehead atoms. The van der Waals surface area contributed by atoms with Crippen LogP contribution in [0.2, 0.25) is 0 Å². The number of thioether (sulfide) groups is 1. The van der Waals surface area contributed by atoms with Crippen LogP contribution in [0.25, 0.3) is 0 Å². The number of aryl methyl sites for hydroxylation is 1. The summed E-state index contributed by atoms with van der Waals surface area (Å²) in [4.78, 5) is 28.2. The highest BCUT2D eigenvalue weighted by Crippen LogP contribution is 2.32. The van der Waals surface area contributed by atoms with E-state index in [9.17, 15) is 9.59 Å². The summed E-state index contributed by atoms with van der Waals surface area (Å²) in [7, 11) is 0. The Kier molecular flexibility index (Phi) is 6.19. The van der Waals surface area contributed by atoms with Crippen molar-refractivity contribution in [2.45, 2.75) is 31.2 Å². The SMILES string of the molecule is CCSc1ccccc1C(=O)Nc1ccc2c(c1)CCC(=O)N2Cc1ccccc1. The zero-order valence-corrected chi connectivity index (χ0v) is 17.7. The van der Waals surface area contributed by atoms with Gasteiger partial charge in [-0.1, -0.05) is 49.4 Å². The summed E-state index contributed by atoms with van der Waals surface area (Å²) < 4.78 is 0. The molecule has 0 spiro atoms. The highest BCUT2D eigenvalue weighted by Gasteiger charge is 2.24. The van der Waals surface area contributed by atoms with Gasteiger partial charge in [0, 0.05) is 22.7 Å². The summed E-state index contributed by atoms with van der Waals surface area (Å²) >= 11 is 1.66. The molecular formula is C25H24N2O2S. The minimum absolute atomic E-state index is 0.112. The smallest absolute Gasteiger partial charge is 0.256 e. The number of amides is 2. The van der Waals surface area contributed by atoms with E-state index in [2.05, 4.69) is 12.2 Å². The quantitative estimate of drug-likeness (QED) is 0.538. The van der Waals surface area contributed by atoms with Crippen molar-refractivity contribution >= 4 is 35.0 Å². The first kappa shape index (κ1) is 20.2. The Morgan fingerprint density at radius 2 is 1.77 bits per heavy atom. The number of anilines is 2. The van der Waals surface area contributed by atoms with Crippen LogP contribution in [-0.4, -0.2) is 17.6 Å². The van der Waals surface area contributed by atoms with Crippen molar-refractivity contribution in [3.8, 4) is 0 Å². The van der Waals surface area contributed by atoms with E-state index in [4.69, 9.17) is 0 Å². The molecule has 0 aliphatic carbocycles. The van der Waals surface area contributed by atoms with E-state index in [1.54, 1.807) is 11.8 Å². The van der Waals surface area contributed by atoms with Gasteiger partial charge in [-0.2, -0.15) is 0 Å². The van der Waals surface area contributed by atoms with Gasteiger partial charge in [-0.3, -0.25) is 9.59 Å². The number of carbonyl (C=O) groups excluding carboxylic acids is 2. The molecule has 1 aliphatic heterocycles. The number of benzene rings is 3. The van der Waals surface area contributed by atoms with Crippen LogP contribution >= 0.6 is 11.8 Å². The first-order chi connectivity index (χ1) is 14.7. The fourth-order valence-electron chi connectivity index (χ4n) is 3.71. The molecule has 0 aromatic heterocycles. The molecule has 3 aromatic carbocycles. The third-order valence-corrected chi connectivity index (χ3v) is 6.11. The van der Waals surface area contributed by atoms with E-state index in [0.717, 1.165) is 33.2 Å². The van der Waals surface area contributed by atoms with E-state index in [0.29, 0.717) is 24.9 Å². The van der Waals surface area contributed by atoms with Gasteiger partial charge in [0.1, 0.15) is 0 Å². The first-order valence-corrected chi connectivity index (χ1v) is 11.1. The zero-order chi connectivity index (χ0) is 20.9. The lowest BCUT2D eigenvalue weighted by Crippen LogP contribution is -2.34. The van der Waals surface area contributed by atoms with E-state index >= 15 is 0 Å². The Bertz CT molecular complexity index is 1070. The second-order valence-electron chi connectivity index (χ2n) is 7.19. The highest BCUT2D eigenvalue weighted by atomic mass is 32.2. The number of hydrogen-bond donors (Lipinski definition) is 1. The third kappa shape index (κ3) is 4.41. The van der Waals surface area contributed by atoms with Crippen LogP contribution in [-0.2, 0) is 17.8 Å². The van der Waals surface area contributed by atoms with Crippen molar-refractivity contribution in [3.63, 3.8) is 0 Å². The molecule has 0 atom stereocenters. The highest BCUT2D eigenvalue weighted by molar-refractivity contribution is 7.99. The lowest BCUT2D eigenvalue weighted by Gasteiger charge is -2.30. The van der Waals surface area contributed by atoms with Gasteiger partial charge >= 0.3 is 0 Å². The van der Waals surface area contributed by atoms with Gasteiger partial charge in [0.2, 0.25) is 5.91 Å². The summed E-state index contributed by atoms with van der Waals surface area (Å²) in [5.41, 5.74) is 4.54. The van der Waals surface area contributed by atoms with E-state index in [1.807, 2.05) is 77.7 Å². The van der Waals surface area contributed by atoms with Crippen molar-refractivity contribution < 1.29 is 9.59 Å². The van der Waals surface area contributed by atoms with Crippen LogP contribution in [0.3, 0.4) is 0 Å². The van der Waals surface area contributed by atoms with Crippen LogP contribution in [0.1, 0.15) is 34.8 Å². The predicted octanol–water partition coefficient (Wildman–Crippen LogP) is 5.53. The van der Waals surface area contributed by atoms with Crippen LogP contribution in [0, 0.1) is 0 Å². The molecule has 4 rings (SSSR count). The summed E-state index contributed by atoms with van der Waals surface area (Å²) in [5.74, 6) is 0.933. The molecule has 0 saturated carbocycles. The fourth-order valence-corrected chi connectivity index (χ4v) is 4.51. The molecule has 1 N–H and O–H groups in total. The number of fused-ring (bicyclic) bond motifs is 1. The van der Waals surface area contributed by atoms with Gasteiger partial charge in [-0.15, -0.1) is 11.8 Å². The Morgan fingerprint density at radius 1 is 1.00 bits per heavy atom. The van der Waals surface area contributed by atoms with Crippen LogP contribution < -0.4 is 10.2 Å². The van der Waals surface area contributed by atoms with Crippen molar-refractivity contribution in [2.75, 3.05) is 16.0 Å². The van der Waals surface area contributed by atoms with Crippen molar-refractivity contribution in [1.82, 2.24) is 0 Å². The normalized spacial score (nSPS) is 13.1. The van der Waals surface area contributed by atoms with Gasteiger partial charge in [-0.05, 0) is 53.6 Å². The monoisotopic (exact) mass is 416 g/mol. The number of carbonyl (C=O) groups is 2. The van der Waals surface area contributed by atoms with Crippen molar-refractivity contribution in [2.24, 2.45) is 0 Å². The minimum atomic E-state index is -0.112. The van der Waals surface area contributed by atoms with Crippen molar-refractivity contribution in [3.05, 3.63) is 89.5 Å². The summed E-state index contributed by atoms with van der Waals surface area (Å²) in [6.07, 6.45) is 1.17. The number of nitrogens with zero attached hydrogens (tertiary/aromatic N) is 1. The first-order valence-electron chi connectivity index (χ1n) is 10.2. The predicted molar refractivity (Wildman–Crippen MR) is 123 cm³/mol. The Labute approximate surface area is 181 Å². The second-order valence-corrected chi connectivity index (χ2v) is 8.50. The maximum atomic E-state index is 12.8. The summed E-state index contributed by atoms with van der Waals surface area (Å²) in [5, 5.41) is 3.03. The van der Waals surface area contributed by atoms with Crippen LogP contribution in [0.5, 0.6) is 0 Å². The molecule has 4 nitrogen and oxygen atoms in total. The zero-order valence-electron chi connectivity index (χ0n) is 16.9. The van der Waals surface area contributed by atoms with Gasteiger partial charge in [0.15, 0.2) is 0 Å². The maximum absolute atomic E-state index is 12.8. The Morgan fingerprint density at radius 3 is 2.57 bits per heavy atom. The topological polar surface area (TPSA) is 49.4 Å². The molecule has 0 saturated heterocycles. The lowest BCUT2D eigenvalue weighted by atomic mass is 9.99. The molecule has 1 aliphatic rings. The molecule has 0 unspecified atom stereocenters. The minimum Gasteiger partial charge on any atom is -0.322 e. The second kappa shape index (κ2) is 9.18.